The highest BCUT2D eigenvalue weighted by atomic mass is 16.2. The number of amides is 3. The lowest BCUT2D eigenvalue weighted by atomic mass is 9.88. The molecule has 0 bridgehead atoms. The van der Waals surface area contributed by atoms with Gasteiger partial charge in [-0.25, -0.2) is 0 Å². The maximum absolute atomic E-state index is 13.6. The molecule has 3 amide bonds. The first-order valence-electron chi connectivity index (χ1n) is 11.1. The van der Waals surface area contributed by atoms with Crippen LogP contribution in [-0.4, -0.2) is 53.2 Å². The molecule has 1 atom stereocenters. The van der Waals surface area contributed by atoms with Crippen LogP contribution in [0, 0.1) is 0 Å². The molecule has 4 rings (SSSR count). The molecule has 1 saturated heterocycles. The summed E-state index contributed by atoms with van der Waals surface area (Å²) in [5, 5.41) is 2.88. The molecule has 0 spiro atoms. The zero-order chi connectivity index (χ0) is 21.8. The summed E-state index contributed by atoms with van der Waals surface area (Å²) in [5.41, 5.74) is 2.33. The molecule has 2 aromatic rings. The Morgan fingerprint density at radius 2 is 1.71 bits per heavy atom. The SMILES string of the molecule is CCCN(C(=O)C1CC(=O)Nc2ccccc21)C1CCN(C(=O)c2ccccc2)CC1. The van der Waals surface area contributed by atoms with Gasteiger partial charge in [0.15, 0.2) is 0 Å². The molecule has 1 N–H and O–H groups in total. The van der Waals surface area contributed by atoms with Crippen LogP contribution < -0.4 is 5.32 Å². The summed E-state index contributed by atoms with van der Waals surface area (Å²) in [7, 11) is 0. The fraction of sp³-hybridized carbons (Fsp3) is 0.400. The quantitative estimate of drug-likeness (QED) is 0.804. The third kappa shape index (κ3) is 4.48. The van der Waals surface area contributed by atoms with Crippen molar-refractivity contribution >= 4 is 23.4 Å². The predicted octanol–water partition coefficient (Wildman–Crippen LogP) is 3.66. The van der Waals surface area contributed by atoms with Crippen LogP contribution in [0.3, 0.4) is 0 Å². The second-order valence-electron chi connectivity index (χ2n) is 8.31. The molecule has 6 heteroatoms. The van der Waals surface area contributed by atoms with Gasteiger partial charge in [-0.05, 0) is 43.0 Å². The minimum atomic E-state index is -0.444. The van der Waals surface area contributed by atoms with E-state index in [9.17, 15) is 14.4 Å². The van der Waals surface area contributed by atoms with Crippen molar-refractivity contribution in [3.63, 3.8) is 0 Å². The minimum Gasteiger partial charge on any atom is -0.339 e. The van der Waals surface area contributed by atoms with Crippen molar-refractivity contribution < 1.29 is 14.4 Å². The number of nitrogens with one attached hydrogen (secondary N) is 1. The maximum Gasteiger partial charge on any atom is 0.253 e. The van der Waals surface area contributed by atoms with Crippen molar-refractivity contribution in [1.82, 2.24) is 9.80 Å². The summed E-state index contributed by atoms with van der Waals surface area (Å²) < 4.78 is 0. The molecule has 6 nitrogen and oxygen atoms in total. The van der Waals surface area contributed by atoms with Crippen LogP contribution in [0.1, 0.15) is 54.4 Å². The topological polar surface area (TPSA) is 69.7 Å². The molecule has 0 aromatic heterocycles. The molecule has 2 aliphatic rings. The Hall–Kier alpha value is -3.15. The van der Waals surface area contributed by atoms with E-state index in [-0.39, 0.29) is 30.2 Å². The number of hydrogen-bond acceptors (Lipinski definition) is 3. The number of anilines is 1. The van der Waals surface area contributed by atoms with Gasteiger partial charge in [-0.15, -0.1) is 0 Å². The number of fused-ring (bicyclic) bond motifs is 1. The van der Waals surface area contributed by atoms with Gasteiger partial charge in [0.2, 0.25) is 11.8 Å². The van der Waals surface area contributed by atoms with Crippen LogP contribution in [0.15, 0.2) is 54.6 Å². The molecule has 0 saturated carbocycles. The Morgan fingerprint density at radius 3 is 2.42 bits per heavy atom. The lowest BCUT2D eigenvalue weighted by Crippen LogP contribution is -2.50. The summed E-state index contributed by atoms with van der Waals surface area (Å²) in [4.78, 5) is 42.4. The highest BCUT2D eigenvalue weighted by molar-refractivity contribution is 6.01. The number of nitrogens with zero attached hydrogens (tertiary/aromatic N) is 2. The zero-order valence-corrected chi connectivity index (χ0v) is 17.9. The van der Waals surface area contributed by atoms with Gasteiger partial charge in [-0.1, -0.05) is 43.3 Å². The number of piperidine rings is 1. The molecule has 2 aliphatic heterocycles. The van der Waals surface area contributed by atoms with Crippen LogP contribution in [0.5, 0.6) is 0 Å². The van der Waals surface area contributed by atoms with Gasteiger partial charge in [-0.3, -0.25) is 14.4 Å². The lowest BCUT2D eigenvalue weighted by Gasteiger charge is -2.40. The van der Waals surface area contributed by atoms with Gasteiger partial charge < -0.3 is 15.1 Å². The first-order valence-corrected chi connectivity index (χ1v) is 11.1. The van der Waals surface area contributed by atoms with E-state index in [1.54, 1.807) is 0 Å². The van der Waals surface area contributed by atoms with Crippen molar-refractivity contribution in [2.24, 2.45) is 0 Å². The van der Waals surface area contributed by atoms with E-state index in [2.05, 4.69) is 12.2 Å². The third-order valence-electron chi connectivity index (χ3n) is 6.26. The Kier molecular flexibility index (Phi) is 6.35. The lowest BCUT2D eigenvalue weighted by molar-refractivity contribution is -0.138. The van der Waals surface area contributed by atoms with E-state index < -0.39 is 5.92 Å². The molecule has 2 aromatic carbocycles. The predicted molar refractivity (Wildman–Crippen MR) is 120 cm³/mol. The van der Waals surface area contributed by atoms with E-state index >= 15 is 0 Å². The molecule has 0 radical (unpaired) electrons. The van der Waals surface area contributed by atoms with Gasteiger partial charge in [-0.2, -0.15) is 0 Å². The molecular formula is C25H29N3O3. The van der Waals surface area contributed by atoms with E-state index in [1.165, 1.54) is 0 Å². The first kappa shape index (κ1) is 21.1. The molecule has 31 heavy (non-hydrogen) atoms. The number of likely N-dealkylation sites (tertiary alicyclic amines) is 1. The van der Waals surface area contributed by atoms with Crippen molar-refractivity contribution in [2.45, 2.75) is 44.6 Å². The average molecular weight is 420 g/mol. The monoisotopic (exact) mass is 419 g/mol. The largest absolute Gasteiger partial charge is 0.339 e. The Balaban J connectivity index is 1.47. The van der Waals surface area contributed by atoms with Crippen molar-refractivity contribution in [3.05, 3.63) is 65.7 Å². The van der Waals surface area contributed by atoms with Crippen LogP contribution in [0.2, 0.25) is 0 Å². The molecule has 1 fully saturated rings. The smallest absolute Gasteiger partial charge is 0.253 e. The van der Waals surface area contributed by atoms with Gasteiger partial charge in [0, 0.05) is 43.3 Å². The van der Waals surface area contributed by atoms with Gasteiger partial charge in [0.1, 0.15) is 0 Å². The van der Waals surface area contributed by atoms with Gasteiger partial charge in [0.25, 0.3) is 5.91 Å². The Labute approximate surface area is 183 Å². The summed E-state index contributed by atoms with van der Waals surface area (Å²) in [6, 6.07) is 17.0. The number of carbonyl (C=O) groups excluding carboxylic acids is 3. The Morgan fingerprint density at radius 1 is 1.03 bits per heavy atom. The third-order valence-corrected chi connectivity index (χ3v) is 6.26. The van der Waals surface area contributed by atoms with Crippen LogP contribution in [0.4, 0.5) is 5.69 Å². The molecule has 1 unspecified atom stereocenters. The maximum atomic E-state index is 13.6. The Bertz CT molecular complexity index is 951. The normalized spacial score (nSPS) is 18.8. The van der Waals surface area contributed by atoms with Gasteiger partial charge >= 0.3 is 0 Å². The zero-order valence-electron chi connectivity index (χ0n) is 17.9. The fourth-order valence-electron chi connectivity index (χ4n) is 4.69. The number of para-hydroxylation sites is 1. The van der Waals surface area contributed by atoms with E-state index in [0.29, 0.717) is 25.2 Å². The van der Waals surface area contributed by atoms with E-state index in [1.807, 2.05) is 64.4 Å². The van der Waals surface area contributed by atoms with Crippen LogP contribution in [0.25, 0.3) is 0 Å². The summed E-state index contributed by atoms with van der Waals surface area (Å²) in [6.07, 6.45) is 2.55. The molecular weight excluding hydrogens is 390 g/mol. The van der Waals surface area contributed by atoms with Crippen molar-refractivity contribution in [1.29, 1.82) is 0 Å². The summed E-state index contributed by atoms with van der Waals surface area (Å²) in [6.45, 7) is 3.99. The fourth-order valence-corrected chi connectivity index (χ4v) is 4.69. The second-order valence-corrected chi connectivity index (χ2v) is 8.31. The highest BCUT2D eigenvalue weighted by Crippen LogP contribution is 2.34. The van der Waals surface area contributed by atoms with E-state index in [4.69, 9.17) is 0 Å². The first-order chi connectivity index (χ1) is 15.1. The number of benzene rings is 2. The number of rotatable bonds is 5. The van der Waals surface area contributed by atoms with Crippen molar-refractivity contribution in [3.8, 4) is 0 Å². The van der Waals surface area contributed by atoms with Gasteiger partial charge in [0.05, 0.1) is 5.92 Å². The minimum absolute atomic E-state index is 0.0250. The summed E-state index contributed by atoms with van der Waals surface area (Å²) in [5.74, 6) is -0.487. The molecule has 2 heterocycles. The second kappa shape index (κ2) is 9.33. The van der Waals surface area contributed by atoms with Crippen LogP contribution in [-0.2, 0) is 9.59 Å². The summed E-state index contributed by atoms with van der Waals surface area (Å²) >= 11 is 0. The highest BCUT2D eigenvalue weighted by Gasteiger charge is 2.37. The van der Waals surface area contributed by atoms with Crippen molar-refractivity contribution in [2.75, 3.05) is 25.0 Å². The number of hydrogen-bond donors (Lipinski definition) is 1. The molecule has 0 aliphatic carbocycles. The number of carbonyl (C=O) groups is 3. The average Bonchev–Trinajstić information content (AvgIpc) is 2.82. The molecule has 162 valence electrons. The van der Waals surface area contributed by atoms with E-state index in [0.717, 1.165) is 30.5 Å². The van der Waals surface area contributed by atoms with Crippen LogP contribution >= 0.6 is 0 Å². The standard InChI is InChI=1S/C25H29N3O3/c1-2-14-28(25(31)21-17-23(29)26-22-11-7-6-10-20(21)22)19-12-15-27(16-13-19)24(30)18-8-4-3-5-9-18/h3-11,19,21H,2,12-17H2,1H3,(H,26,29).